The fourth-order valence-electron chi connectivity index (χ4n) is 3.71. The molecule has 9 heteroatoms. The molecule has 0 spiro atoms. The van der Waals surface area contributed by atoms with Gasteiger partial charge in [-0.3, -0.25) is 19.0 Å². The van der Waals surface area contributed by atoms with E-state index in [1.54, 1.807) is 60.9 Å². The Labute approximate surface area is 203 Å². The smallest absolute Gasteiger partial charge is 0.267 e. The van der Waals surface area contributed by atoms with Gasteiger partial charge in [0.25, 0.3) is 17.4 Å². The maximum atomic E-state index is 13.0. The largest absolute Gasteiger partial charge is 0.362 e. The number of fused-ring (bicyclic) bond motifs is 1. The molecule has 0 unspecified atom stereocenters. The second kappa shape index (κ2) is 8.70. The minimum absolute atomic E-state index is 0.0505. The number of rotatable bonds is 4. The molecular formula is C25H16Cl2N4O3. The molecule has 0 aliphatic carbocycles. The van der Waals surface area contributed by atoms with Crippen LogP contribution in [0.5, 0.6) is 0 Å². The average molecular weight is 491 g/mol. The third-order valence-corrected chi connectivity index (χ3v) is 6.09. The Bertz CT molecular complexity index is 1540. The maximum absolute atomic E-state index is 13.0. The lowest BCUT2D eigenvalue weighted by atomic mass is 10.1. The molecule has 2 aromatic heterocycles. The Kier molecular flexibility index (Phi) is 5.57. The number of H-pyrrole nitrogens is 1. The Morgan fingerprint density at radius 1 is 0.971 bits per heavy atom. The number of hydrogen-bond donors (Lipinski definition) is 3. The number of halogens is 2. The Hall–Kier alpha value is -4.07. The number of hydrogen-bond acceptors (Lipinski definition) is 3. The molecule has 7 nitrogen and oxygen atoms in total. The molecule has 1 aliphatic heterocycles. The normalized spacial score (nSPS) is 13.6. The number of pyridine rings is 1. The highest BCUT2D eigenvalue weighted by atomic mass is 35.5. The minimum atomic E-state index is -0.578. The van der Waals surface area contributed by atoms with Gasteiger partial charge in [0.15, 0.2) is 0 Å². The number of anilines is 2. The zero-order chi connectivity index (χ0) is 23.8. The fraction of sp³-hybridized carbons (Fsp3) is 0. The summed E-state index contributed by atoms with van der Waals surface area (Å²) in [7, 11) is 0. The van der Waals surface area contributed by atoms with Gasteiger partial charge in [-0.1, -0.05) is 29.3 Å². The van der Waals surface area contributed by atoms with Crippen molar-refractivity contribution in [2.24, 2.45) is 0 Å². The molecule has 2 aromatic carbocycles. The van der Waals surface area contributed by atoms with Gasteiger partial charge < -0.3 is 15.6 Å². The van der Waals surface area contributed by atoms with Gasteiger partial charge in [-0.25, -0.2) is 0 Å². The lowest BCUT2D eigenvalue weighted by Crippen LogP contribution is -2.27. The zero-order valence-electron chi connectivity index (χ0n) is 17.4. The van der Waals surface area contributed by atoms with Crippen LogP contribution in [-0.4, -0.2) is 21.4 Å². The van der Waals surface area contributed by atoms with Crippen molar-refractivity contribution in [1.29, 1.82) is 0 Å². The molecular weight excluding hydrogens is 475 g/mol. The number of aromatic amines is 1. The first-order valence-corrected chi connectivity index (χ1v) is 11.0. The van der Waals surface area contributed by atoms with E-state index in [9.17, 15) is 14.4 Å². The van der Waals surface area contributed by atoms with Crippen molar-refractivity contribution in [3.8, 4) is 5.69 Å². The number of nitrogens with zero attached hydrogens (tertiary/aromatic N) is 1. The summed E-state index contributed by atoms with van der Waals surface area (Å²) in [6.45, 7) is 0. The second-order valence-corrected chi connectivity index (χ2v) is 8.36. The van der Waals surface area contributed by atoms with Gasteiger partial charge in [-0.15, -0.1) is 0 Å². The number of amides is 2. The molecule has 168 valence electrons. The van der Waals surface area contributed by atoms with Gasteiger partial charge in [0.2, 0.25) is 0 Å². The van der Waals surface area contributed by atoms with E-state index in [4.69, 9.17) is 23.2 Å². The van der Waals surface area contributed by atoms with Crippen molar-refractivity contribution in [3.63, 3.8) is 0 Å². The molecule has 4 aromatic rings. The van der Waals surface area contributed by atoms with E-state index in [-0.39, 0.29) is 11.5 Å². The van der Waals surface area contributed by atoms with Gasteiger partial charge in [0.1, 0.15) is 5.56 Å². The van der Waals surface area contributed by atoms with E-state index >= 15 is 0 Å². The number of nitrogens with one attached hydrogen (secondary N) is 3. The van der Waals surface area contributed by atoms with Crippen LogP contribution >= 0.6 is 23.2 Å². The molecule has 3 heterocycles. The summed E-state index contributed by atoms with van der Waals surface area (Å²) >= 11 is 12.0. The predicted octanol–water partition coefficient (Wildman–Crippen LogP) is 5.22. The molecule has 0 saturated heterocycles. The first-order valence-electron chi connectivity index (χ1n) is 10.2. The van der Waals surface area contributed by atoms with Gasteiger partial charge in [-0.2, -0.15) is 0 Å². The molecule has 34 heavy (non-hydrogen) atoms. The van der Waals surface area contributed by atoms with Gasteiger partial charge >= 0.3 is 0 Å². The number of benzene rings is 2. The highest BCUT2D eigenvalue weighted by molar-refractivity contribution is 6.42. The van der Waals surface area contributed by atoms with Gasteiger partial charge in [0, 0.05) is 29.3 Å². The third kappa shape index (κ3) is 4.03. The number of carbonyl (C=O) groups excluding carboxylic acids is 2. The van der Waals surface area contributed by atoms with Crippen molar-refractivity contribution < 1.29 is 9.59 Å². The Morgan fingerprint density at radius 2 is 1.82 bits per heavy atom. The van der Waals surface area contributed by atoms with Crippen LogP contribution in [0.25, 0.3) is 17.3 Å². The molecule has 0 saturated carbocycles. The first kappa shape index (κ1) is 21.8. The number of aromatic nitrogens is 2. The number of carbonyl (C=O) groups is 2. The zero-order valence-corrected chi connectivity index (χ0v) is 18.9. The molecule has 1 aliphatic rings. The minimum Gasteiger partial charge on any atom is -0.362 e. The lowest BCUT2D eigenvalue weighted by molar-refractivity contribution is -0.110. The highest BCUT2D eigenvalue weighted by Crippen LogP contribution is 2.35. The van der Waals surface area contributed by atoms with Crippen molar-refractivity contribution in [3.05, 3.63) is 110 Å². The van der Waals surface area contributed by atoms with E-state index < -0.39 is 11.5 Å². The SMILES string of the molecule is O=C1Nc2cc(NC(=O)c3cccn(-c4ccc(Cl)c(Cl)c4)c3=O)ccc2C1=Cc1ccc[nH]1. The van der Waals surface area contributed by atoms with E-state index in [2.05, 4.69) is 15.6 Å². The predicted molar refractivity (Wildman–Crippen MR) is 134 cm³/mol. The molecule has 3 N–H and O–H groups in total. The molecule has 0 bridgehead atoms. The summed E-state index contributed by atoms with van der Waals surface area (Å²) in [5.41, 5.74) is 2.97. The van der Waals surface area contributed by atoms with Crippen LogP contribution < -0.4 is 16.2 Å². The van der Waals surface area contributed by atoms with Crippen molar-refractivity contribution in [1.82, 2.24) is 9.55 Å². The quantitative estimate of drug-likeness (QED) is 0.342. The highest BCUT2D eigenvalue weighted by Gasteiger charge is 2.25. The second-order valence-electron chi connectivity index (χ2n) is 7.55. The molecule has 2 amide bonds. The van der Waals surface area contributed by atoms with Crippen LogP contribution in [0.4, 0.5) is 11.4 Å². The topological polar surface area (TPSA) is 96.0 Å². The van der Waals surface area contributed by atoms with Gasteiger partial charge in [-0.05, 0) is 60.7 Å². The van der Waals surface area contributed by atoms with Crippen LogP contribution in [-0.2, 0) is 4.79 Å². The molecule has 0 atom stereocenters. The lowest BCUT2D eigenvalue weighted by Gasteiger charge is -2.10. The van der Waals surface area contributed by atoms with Crippen LogP contribution in [0.1, 0.15) is 21.6 Å². The van der Waals surface area contributed by atoms with Crippen molar-refractivity contribution >= 4 is 58.0 Å². The van der Waals surface area contributed by atoms with Gasteiger partial charge in [0.05, 0.1) is 27.0 Å². The average Bonchev–Trinajstić information content (AvgIpc) is 3.43. The van der Waals surface area contributed by atoms with Crippen LogP contribution in [0.3, 0.4) is 0 Å². The molecule has 0 fully saturated rings. The van der Waals surface area contributed by atoms with E-state index in [0.29, 0.717) is 32.7 Å². The molecule has 5 rings (SSSR count). The molecule has 0 radical (unpaired) electrons. The summed E-state index contributed by atoms with van der Waals surface area (Å²) in [6, 6.07) is 16.6. The van der Waals surface area contributed by atoms with Crippen LogP contribution in [0.15, 0.2) is 77.9 Å². The maximum Gasteiger partial charge on any atom is 0.267 e. The standard InChI is InChI=1S/C25H16Cl2N4O3/c26-20-8-6-16(13-21(20)27)31-10-2-4-18(25(31)34)23(32)29-15-5-7-17-19(11-14-3-1-9-28-14)24(33)30-22(17)12-15/h1-13,28H,(H,29,32)(H,30,33). The first-order chi connectivity index (χ1) is 16.4. The van der Waals surface area contributed by atoms with E-state index in [1.165, 1.54) is 10.6 Å². The summed E-state index contributed by atoms with van der Waals surface area (Å²) in [5.74, 6) is -0.813. The third-order valence-electron chi connectivity index (χ3n) is 5.36. The Balaban J connectivity index is 1.42. The summed E-state index contributed by atoms with van der Waals surface area (Å²) in [5, 5.41) is 6.19. The fourth-order valence-corrected chi connectivity index (χ4v) is 4.00. The van der Waals surface area contributed by atoms with Crippen LogP contribution in [0.2, 0.25) is 10.0 Å². The van der Waals surface area contributed by atoms with Crippen LogP contribution in [0, 0.1) is 0 Å². The van der Waals surface area contributed by atoms with Crippen molar-refractivity contribution in [2.75, 3.05) is 10.6 Å². The Morgan fingerprint density at radius 3 is 2.59 bits per heavy atom. The summed E-state index contributed by atoms with van der Waals surface area (Å²) in [4.78, 5) is 41.4. The van der Waals surface area contributed by atoms with E-state index in [1.807, 2.05) is 12.1 Å². The van der Waals surface area contributed by atoms with E-state index in [0.717, 1.165) is 11.3 Å². The van der Waals surface area contributed by atoms with Crippen molar-refractivity contribution in [2.45, 2.75) is 0 Å². The summed E-state index contributed by atoms with van der Waals surface area (Å²) in [6.07, 6.45) is 5.08. The summed E-state index contributed by atoms with van der Waals surface area (Å²) < 4.78 is 1.32. The monoisotopic (exact) mass is 490 g/mol.